The quantitative estimate of drug-likeness (QED) is 0.826. The van der Waals surface area contributed by atoms with E-state index in [1.54, 1.807) is 24.4 Å². The van der Waals surface area contributed by atoms with Gasteiger partial charge in [-0.2, -0.15) is 0 Å². The highest BCUT2D eigenvalue weighted by atomic mass is 16.6. The molecule has 1 aliphatic heterocycles. The first-order valence-electron chi connectivity index (χ1n) is 7.52. The Bertz CT molecular complexity index is 759. The maximum atomic E-state index is 12.1. The second-order valence-electron chi connectivity index (χ2n) is 5.35. The van der Waals surface area contributed by atoms with Crippen LogP contribution >= 0.6 is 0 Å². The number of aromatic nitrogens is 1. The van der Waals surface area contributed by atoms with Crippen LogP contribution in [0.15, 0.2) is 36.5 Å². The molecule has 0 spiro atoms. The van der Waals surface area contributed by atoms with Gasteiger partial charge in [0, 0.05) is 17.5 Å². The highest BCUT2D eigenvalue weighted by Gasteiger charge is 2.15. The molecule has 2 amide bonds. The summed E-state index contributed by atoms with van der Waals surface area (Å²) in [6.07, 6.45) is 1.77. The number of nitrogens with one attached hydrogen (secondary N) is 2. The third-order valence-corrected chi connectivity index (χ3v) is 3.46. The molecule has 1 aromatic carbocycles. The summed E-state index contributed by atoms with van der Waals surface area (Å²) in [5.41, 5.74) is 6.79. The molecule has 0 atom stereocenters. The number of fused-ring (bicyclic) bond motifs is 1. The molecular formula is C17H17N3O4. The highest BCUT2D eigenvalue weighted by molar-refractivity contribution is 5.96. The van der Waals surface area contributed by atoms with Crippen LogP contribution in [0.5, 0.6) is 11.5 Å². The third-order valence-electron chi connectivity index (χ3n) is 3.46. The number of hydrogen-bond acceptors (Lipinski definition) is 5. The number of amides is 2. The van der Waals surface area contributed by atoms with Crippen molar-refractivity contribution in [2.75, 3.05) is 13.2 Å². The van der Waals surface area contributed by atoms with E-state index in [1.807, 2.05) is 19.1 Å². The number of aryl methyl sites for hydroxylation is 1. The third kappa shape index (κ3) is 3.81. The maximum absolute atomic E-state index is 12.1. The summed E-state index contributed by atoms with van der Waals surface area (Å²) in [5.74, 6) is 0.369. The van der Waals surface area contributed by atoms with Crippen molar-refractivity contribution in [3.63, 3.8) is 0 Å². The van der Waals surface area contributed by atoms with Crippen LogP contribution in [0.25, 0.3) is 0 Å². The molecule has 0 radical (unpaired) electrons. The Hall–Kier alpha value is -3.09. The Morgan fingerprint density at radius 2 is 1.88 bits per heavy atom. The van der Waals surface area contributed by atoms with Gasteiger partial charge in [0.25, 0.3) is 5.91 Å². The molecule has 0 aliphatic carbocycles. The number of ether oxygens (including phenoxy) is 2. The zero-order valence-electron chi connectivity index (χ0n) is 13.2. The molecule has 0 saturated heterocycles. The van der Waals surface area contributed by atoms with Gasteiger partial charge >= 0.3 is 0 Å². The minimum absolute atomic E-state index is 0.134. The number of benzene rings is 1. The molecule has 124 valence electrons. The zero-order valence-corrected chi connectivity index (χ0v) is 13.2. The van der Waals surface area contributed by atoms with E-state index in [0.29, 0.717) is 30.3 Å². The lowest BCUT2D eigenvalue weighted by molar-refractivity contribution is -0.121. The summed E-state index contributed by atoms with van der Waals surface area (Å²) in [7, 11) is 0. The van der Waals surface area contributed by atoms with Crippen molar-refractivity contribution in [1.29, 1.82) is 0 Å². The lowest BCUT2D eigenvalue weighted by Crippen LogP contribution is -2.42. The lowest BCUT2D eigenvalue weighted by atomic mass is 10.2. The molecule has 0 saturated carbocycles. The van der Waals surface area contributed by atoms with Crippen LogP contribution in [0.3, 0.4) is 0 Å². The van der Waals surface area contributed by atoms with Gasteiger partial charge in [-0.3, -0.25) is 25.4 Å². The largest absolute Gasteiger partial charge is 0.486 e. The fourth-order valence-corrected chi connectivity index (χ4v) is 2.22. The van der Waals surface area contributed by atoms with Crippen molar-refractivity contribution in [2.45, 2.75) is 13.3 Å². The first-order valence-corrected chi connectivity index (χ1v) is 7.52. The van der Waals surface area contributed by atoms with Gasteiger partial charge in [-0.1, -0.05) is 6.07 Å². The molecule has 2 N–H and O–H groups in total. The van der Waals surface area contributed by atoms with E-state index in [1.165, 1.54) is 0 Å². The predicted molar refractivity (Wildman–Crippen MR) is 85.7 cm³/mol. The zero-order chi connectivity index (χ0) is 16.9. The van der Waals surface area contributed by atoms with Gasteiger partial charge in [-0.25, -0.2) is 0 Å². The van der Waals surface area contributed by atoms with E-state index >= 15 is 0 Å². The van der Waals surface area contributed by atoms with E-state index in [9.17, 15) is 9.59 Å². The van der Waals surface area contributed by atoms with Crippen molar-refractivity contribution >= 4 is 11.8 Å². The average molecular weight is 327 g/mol. The number of hydrogen-bond donors (Lipinski definition) is 2. The summed E-state index contributed by atoms with van der Waals surface area (Å²) in [5, 5.41) is 0. The smallest absolute Gasteiger partial charge is 0.269 e. The summed E-state index contributed by atoms with van der Waals surface area (Å²) < 4.78 is 10.8. The predicted octanol–water partition coefficient (Wildman–Crippen LogP) is 1.16. The maximum Gasteiger partial charge on any atom is 0.269 e. The molecule has 3 rings (SSSR count). The summed E-state index contributed by atoms with van der Waals surface area (Å²) in [6, 6.07) is 8.52. The van der Waals surface area contributed by atoms with E-state index in [-0.39, 0.29) is 12.3 Å². The number of nitrogens with zero attached hydrogens (tertiary/aromatic N) is 1. The van der Waals surface area contributed by atoms with Crippen LogP contribution in [0.2, 0.25) is 0 Å². The van der Waals surface area contributed by atoms with E-state index in [4.69, 9.17) is 9.47 Å². The van der Waals surface area contributed by atoms with Crippen molar-refractivity contribution in [1.82, 2.24) is 15.8 Å². The Labute approximate surface area is 139 Å². The molecule has 2 heterocycles. The van der Waals surface area contributed by atoms with Gasteiger partial charge in [0.2, 0.25) is 5.91 Å². The van der Waals surface area contributed by atoms with Gasteiger partial charge in [0.05, 0.1) is 6.42 Å². The van der Waals surface area contributed by atoms with Gasteiger partial charge in [0.15, 0.2) is 11.5 Å². The fraction of sp³-hybridized carbons (Fsp3) is 0.235. The van der Waals surface area contributed by atoms with Gasteiger partial charge < -0.3 is 9.47 Å². The van der Waals surface area contributed by atoms with Crippen molar-refractivity contribution in [3.8, 4) is 11.5 Å². The number of pyridine rings is 1. The number of hydrazine groups is 1. The Balaban J connectivity index is 1.55. The second kappa shape index (κ2) is 6.99. The SMILES string of the molecule is Cc1ccc(CC(=O)NNC(=O)c2ccc3c(c2)OCCO3)cn1. The van der Waals surface area contributed by atoms with Crippen molar-refractivity contribution in [2.24, 2.45) is 0 Å². The minimum atomic E-state index is -0.428. The molecule has 0 bridgehead atoms. The molecule has 0 unspecified atom stereocenters. The van der Waals surface area contributed by atoms with Gasteiger partial charge in [-0.05, 0) is 36.8 Å². The average Bonchev–Trinajstić information content (AvgIpc) is 2.61. The normalized spacial score (nSPS) is 12.4. The van der Waals surface area contributed by atoms with Crippen LogP contribution in [0.4, 0.5) is 0 Å². The highest BCUT2D eigenvalue weighted by Crippen LogP contribution is 2.30. The van der Waals surface area contributed by atoms with Crippen LogP contribution in [0, 0.1) is 6.92 Å². The second-order valence-corrected chi connectivity index (χ2v) is 5.35. The van der Waals surface area contributed by atoms with Crippen molar-refractivity contribution in [3.05, 3.63) is 53.3 Å². The minimum Gasteiger partial charge on any atom is -0.486 e. The molecule has 7 nitrogen and oxygen atoms in total. The number of rotatable bonds is 3. The first kappa shape index (κ1) is 15.8. The topological polar surface area (TPSA) is 89.6 Å². The van der Waals surface area contributed by atoms with E-state index < -0.39 is 5.91 Å². The number of carbonyl (C=O) groups excluding carboxylic acids is 2. The molecule has 1 aromatic heterocycles. The molecule has 1 aliphatic rings. The van der Waals surface area contributed by atoms with Crippen LogP contribution in [-0.2, 0) is 11.2 Å². The molecule has 24 heavy (non-hydrogen) atoms. The lowest BCUT2D eigenvalue weighted by Gasteiger charge is -2.18. The van der Waals surface area contributed by atoms with Crippen LogP contribution < -0.4 is 20.3 Å². The fourth-order valence-electron chi connectivity index (χ4n) is 2.22. The Morgan fingerprint density at radius 1 is 1.08 bits per heavy atom. The Morgan fingerprint density at radius 3 is 2.62 bits per heavy atom. The van der Waals surface area contributed by atoms with Crippen LogP contribution in [-0.4, -0.2) is 30.0 Å². The summed E-state index contributed by atoms with van der Waals surface area (Å²) in [4.78, 5) is 28.1. The molecule has 2 aromatic rings. The van der Waals surface area contributed by atoms with E-state index in [2.05, 4.69) is 15.8 Å². The van der Waals surface area contributed by atoms with E-state index in [0.717, 1.165) is 11.3 Å². The molecular weight excluding hydrogens is 310 g/mol. The Kier molecular flexibility index (Phi) is 4.60. The summed E-state index contributed by atoms with van der Waals surface area (Å²) >= 11 is 0. The monoisotopic (exact) mass is 327 g/mol. The molecule has 7 heteroatoms. The standard InChI is InChI=1S/C17H17N3O4/c1-11-2-3-12(10-18-11)8-16(21)19-20-17(22)13-4-5-14-15(9-13)24-7-6-23-14/h2-5,9-10H,6-8H2,1H3,(H,19,21)(H,20,22). The van der Waals surface area contributed by atoms with Crippen molar-refractivity contribution < 1.29 is 19.1 Å². The summed E-state index contributed by atoms with van der Waals surface area (Å²) in [6.45, 7) is 2.80. The first-order chi connectivity index (χ1) is 11.6. The molecule has 0 fully saturated rings. The van der Waals surface area contributed by atoms with Gasteiger partial charge in [0.1, 0.15) is 13.2 Å². The van der Waals surface area contributed by atoms with Gasteiger partial charge in [-0.15, -0.1) is 0 Å². The number of carbonyl (C=O) groups is 2. The van der Waals surface area contributed by atoms with Crippen LogP contribution in [0.1, 0.15) is 21.6 Å².